The van der Waals surface area contributed by atoms with Crippen molar-refractivity contribution in [1.29, 1.82) is 0 Å². The second-order valence-electron chi connectivity index (χ2n) is 2.35. The van der Waals surface area contributed by atoms with Gasteiger partial charge in [0, 0.05) is 18.6 Å². The quantitative estimate of drug-likeness (QED) is 0.582. The van der Waals surface area contributed by atoms with Crippen LogP contribution in [0.4, 0.5) is 0 Å². The van der Waals surface area contributed by atoms with Crippen molar-refractivity contribution in [3.05, 3.63) is 36.3 Å². The molecule has 0 saturated heterocycles. The summed E-state index contributed by atoms with van der Waals surface area (Å²) in [5, 5.41) is 0. The molecule has 2 nitrogen and oxygen atoms in total. The van der Waals surface area contributed by atoms with Crippen LogP contribution in [-0.4, -0.2) is 9.38 Å². The summed E-state index contributed by atoms with van der Waals surface area (Å²) in [4.78, 5) is 4.20. The molecule has 0 aliphatic heterocycles. The molecule has 0 saturated carbocycles. The van der Waals surface area contributed by atoms with Crippen LogP contribution in [0.2, 0.25) is 0 Å². The molecule has 12 heavy (non-hydrogen) atoms. The first kappa shape index (κ1) is 8.78. The monoisotopic (exact) mass is 162 g/mol. The van der Waals surface area contributed by atoms with Gasteiger partial charge in [0.1, 0.15) is 5.65 Å². The summed E-state index contributed by atoms with van der Waals surface area (Å²) in [6, 6.07) is 3.98. The highest BCUT2D eigenvalue weighted by molar-refractivity contribution is 5.46. The van der Waals surface area contributed by atoms with Gasteiger partial charge in [-0.2, -0.15) is 0 Å². The van der Waals surface area contributed by atoms with Gasteiger partial charge < -0.3 is 4.40 Å². The summed E-state index contributed by atoms with van der Waals surface area (Å²) in [6.07, 6.45) is 5.81. The molecule has 0 atom stereocenters. The van der Waals surface area contributed by atoms with Crippen LogP contribution < -0.4 is 0 Å². The average molecular weight is 162 g/mol. The maximum absolute atomic E-state index is 4.20. The molecule has 0 fully saturated rings. The van der Waals surface area contributed by atoms with Crippen LogP contribution in [-0.2, 0) is 0 Å². The molecule has 2 heteroatoms. The van der Waals surface area contributed by atoms with E-state index in [0.29, 0.717) is 0 Å². The summed E-state index contributed by atoms with van der Waals surface area (Å²) in [6.45, 7) is 6.06. The van der Waals surface area contributed by atoms with Gasteiger partial charge in [-0.15, -0.1) is 0 Å². The molecule has 64 valence electrons. The zero-order valence-corrected chi connectivity index (χ0v) is 7.78. The van der Waals surface area contributed by atoms with Crippen molar-refractivity contribution < 1.29 is 0 Å². The van der Waals surface area contributed by atoms with Crippen LogP contribution in [0.15, 0.2) is 30.7 Å². The summed E-state index contributed by atoms with van der Waals surface area (Å²) in [5.41, 5.74) is 2.27. The zero-order chi connectivity index (χ0) is 8.97. The van der Waals surface area contributed by atoms with E-state index in [4.69, 9.17) is 0 Å². The summed E-state index contributed by atoms with van der Waals surface area (Å²) in [7, 11) is 0. The van der Waals surface area contributed by atoms with Crippen molar-refractivity contribution in [3.8, 4) is 0 Å². The van der Waals surface area contributed by atoms with Gasteiger partial charge >= 0.3 is 0 Å². The van der Waals surface area contributed by atoms with E-state index in [1.165, 1.54) is 5.56 Å². The first-order chi connectivity index (χ1) is 5.88. The summed E-state index contributed by atoms with van der Waals surface area (Å²) < 4.78 is 2.01. The summed E-state index contributed by atoms with van der Waals surface area (Å²) >= 11 is 0. The highest BCUT2D eigenvalue weighted by atomic mass is 15.0. The molecular formula is C10H14N2. The van der Waals surface area contributed by atoms with E-state index in [1.807, 2.05) is 42.9 Å². The highest BCUT2D eigenvalue weighted by Gasteiger charge is 1.94. The predicted octanol–water partition coefficient (Wildman–Crippen LogP) is 2.67. The van der Waals surface area contributed by atoms with Crippen molar-refractivity contribution in [3.63, 3.8) is 0 Å². The molecule has 2 heterocycles. The lowest BCUT2D eigenvalue weighted by atomic mass is 10.4. The minimum Gasteiger partial charge on any atom is -0.308 e. The largest absolute Gasteiger partial charge is 0.308 e. The van der Waals surface area contributed by atoms with Gasteiger partial charge in [-0.3, -0.25) is 0 Å². The fourth-order valence-electron chi connectivity index (χ4n) is 1.07. The molecule has 0 spiro atoms. The van der Waals surface area contributed by atoms with Crippen LogP contribution >= 0.6 is 0 Å². The normalized spacial score (nSPS) is 9.25. The number of aromatic nitrogens is 2. The minimum atomic E-state index is 1.04. The number of fused-ring (bicyclic) bond motifs is 1. The Morgan fingerprint density at radius 1 is 1.25 bits per heavy atom. The molecule has 0 aromatic carbocycles. The third-order valence-electron chi connectivity index (χ3n) is 1.61. The Kier molecular flexibility index (Phi) is 2.86. The van der Waals surface area contributed by atoms with Gasteiger partial charge in [-0.05, 0) is 24.6 Å². The van der Waals surface area contributed by atoms with E-state index in [-0.39, 0.29) is 0 Å². The molecule has 2 rings (SSSR count). The first-order valence-electron chi connectivity index (χ1n) is 4.26. The Morgan fingerprint density at radius 3 is 2.67 bits per heavy atom. The second kappa shape index (κ2) is 3.90. The number of rotatable bonds is 0. The Morgan fingerprint density at radius 2 is 2.00 bits per heavy atom. The maximum atomic E-state index is 4.20. The molecule has 0 bridgehead atoms. The third-order valence-corrected chi connectivity index (χ3v) is 1.61. The Hall–Kier alpha value is -1.31. The molecule has 0 unspecified atom stereocenters. The smallest absolute Gasteiger partial charge is 0.139 e. The molecule has 2 aromatic rings. The molecular weight excluding hydrogens is 148 g/mol. The van der Waals surface area contributed by atoms with Gasteiger partial charge in [0.15, 0.2) is 0 Å². The fraction of sp³-hybridized carbons (Fsp3) is 0.300. The Balaban J connectivity index is 0.000000336. The van der Waals surface area contributed by atoms with Crippen LogP contribution in [0.1, 0.15) is 19.4 Å². The van der Waals surface area contributed by atoms with Crippen LogP contribution in [0.5, 0.6) is 0 Å². The van der Waals surface area contributed by atoms with E-state index in [0.717, 1.165) is 5.65 Å². The number of aryl methyl sites for hydroxylation is 1. The van der Waals surface area contributed by atoms with E-state index in [9.17, 15) is 0 Å². The van der Waals surface area contributed by atoms with Crippen molar-refractivity contribution >= 4 is 5.65 Å². The van der Waals surface area contributed by atoms with Gasteiger partial charge in [0.05, 0.1) is 0 Å². The molecule has 0 amide bonds. The van der Waals surface area contributed by atoms with Gasteiger partial charge in [-0.1, -0.05) is 13.8 Å². The van der Waals surface area contributed by atoms with Gasteiger partial charge in [0.25, 0.3) is 0 Å². The van der Waals surface area contributed by atoms with Crippen molar-refractivity contribution in [2.45, 2.75) is 20.8 Å². The van der Waals surface area contributed by atoms with Crippen molar-refractivity contribution in [2.24, 2.45) is 0 Å². The fourth-order valence-corrected chi connectivity index (χ4v) is 1.07. The summed E-state index contributed by atoms with van der Waals surface area (Å²) in [5.74, 6) is 0. The predicted molar refractivity (Wildman–Crippen MR) is 51.3 cm³/mol. The van der Waals surface area contributed by atoms with Crippen LogP contribution in [0.3, 0.4) is 0 Å². The SMILES string of the molecule is CC.Cc1ccn2cccnc12. The first-order valence-corrected chi connectivity index (χ1v) is 4.26. The number of nitrogens with zero attached hydrogens (tertiary/aromatic N) is 2. The van der Waals surface area contributed by atoms with Gasteiger partial charge in [0.2, 0.25) is 0 Å². The molecule has 0 aliphatic carbocycles. The van der Waals surface area contributed by atoms with E-state index in [1.54, 1.807) is 0 Å². The zero-order valence-electron chi connectivity index (χ0n) is 7.78. The minimum absolute atomic E-state index is 1.04. The van der Waals surface area contributed by atoms with Crippen LogP contribution in [0.25, 0.3) is 5.65 Å². The van der Waals surface area contributed by atoms with Gasteiger partial charge in [-0.25, -0.2) is 4.98 Å². The van der Waals surface area contributed by atoms with Crippen molar-refractivity contribution in [2.75, 3.05) is 0 Å². The van der Waals surface area contributed by atoms with Crippen LogP contribution in [0, 0.1) is 6.92 Å². The highest BCUT2D eigenvalue weighted by Crippen LogP contribution is 2.05. The molecule has 2 aromatic heterocycles. The van der Waals surface area contributed by atoms with E-state index in [2.05, 4.69) is 18.0 Å². The average Bonchev–Trinajstić information content (AvgIpc) is 2.53. The molecule has 0 aliphatic rings. The maximum Gasteiger partial charge on any atom is 0.139 e. The topological polar surface area (TPSA) is 17.3 Å². The van der Waals surface area contributed by atoms with E-state index < -0.39 is 0 Å². The lowest BCUT2D eigenvalue weighted by Crippen LogP contribution is -1.83. The third kappa shape index (κ3) is 1.47. The lowest BCUT2D eigenvalue weighted by molar-refractivity contribution is 1.13. The van der Waals surface area contributed by atoms with Crippen molar-refractivity contribution in [1.82, 2.24) is 9.38 Å². The lowest BCUT2D eigenvalue weighted by Gasteiger charge is -1.90. The number of hydrogen-bond donors (Lipinski definition) is 0. The Bertz CT molecular complexity index is 349. The standard InChI is InChI=1S/C8H8N2.C2H6/c1-7-3-6-10-5-2-4-9-8(7)10;1-2/h2-6H,1H3;1-2H3. The number of hydrogen-bond acceptors (Lipinski definition) is 1. The second-order valence-corrected chi connectivity index (χ2v) is 2.35. The molecule has 0 N–H and O–H groups in total. The van der Waals surface area contributed by atoms with E-state index >= 15 is 0 Å². The Labute approximate surface area is 72.9 Å². The molecule has 0 radical (unpaired) electrons.